The van der Waals surface area contributed by atoms with Gasteiger partial charge in [-0.05, 0) is 40.8 Å². The zero-order chi connectivity index (χ0) is 23.1. The third kappa shape index (κ3) is 5.82. The predicted octanol–water partition coefficient (Wildman–Crippen LogP) is 4.19. The molecule has 0 unspecified atom stereocenters. The molecule has 1 aliphatic heterocycles. The molecule has 2 aromatic carbocycles. The van der Waals surface area contributed by atoms with Gasteiger partial charge in [0.05, 0.1) is 21.3 Å². The number of ether oxygens (including phenoxy) is 3. The maximum atomic E-state index is 12.7. The van der Waals surface area contributed by atoms with Crippen LogP contribution >= 0.6 is 0 Å². The lowest BCUT2D eigenvalue weighted by molar-refractivity contribution is -0.127. The van der Waals surface area contributed by atoms with E-state index < -0.39 is 0 Å². The van der Waals surface area contributed by atoms with Gasteiger partial charge < -0.3 is 19.1 Å². The van der Waals surface area contributed by atoms with Crippen LogP contribution in [0.5, 0.6) is 17.2 Å². The first-order chi connectivity index (χ1) is 15.4. The Kier molecular flexibility index (Phi) is 8.17. The highest BCUT2D eigenvalue weighted by molar-refractivity contribution is 5.92. The van der Waals surface area contributed by atoms with E-state index in [-0.39, 0.29) is 5.91 Å². The number of piperazine rings is 1. The standard InChI is InChI=1S/C26H34N2O4/c1-19(2)22-9-6-20(7-10-22)18-27-12-14-28(15-13-27)25(29)11-8-21-16-23(30-3)26(32-5)24(17-21)31-4/h6-11,16-17,19H,12-15,18H2,1-5H3/b11-8+. The first-order valence-corrected chi connectivity index (χ1v) is 11.0. The first kappa shape index (κ1) is 23.7. The number of methoxy groups -OCH3 is 3. The summed E-state index contributed by atoms with van der Waals surface area (Å²) >= 11 is 0. The molecular formula is C26H34N2O4. The van der Waals surface area contributed by atoms with Gasteiger partial charge in [0.15, 0.2) is 11.5 Å². The molecule has 0 saturated carbocycles. The summed E-state index contributed by atoms with van der Waals surface area (Å²) < 4.78 is 16.1. The average Bonchev–Trinajstić information content (AvgIpc) is 2.82. The van der Waals surface area contributed by atoms with Gasteiger partial charge in [0, 0.05) is 38.8 Å². The number of hydrogen-bond acceptors (Lipinski definition) is 5. The Bertz CT molecular complexity index is 904. The molecule has 6 heteroatoms. The fourth-order valence-corrected chi connectivity index (χ4v) is 3.86. The molecule has 1 heterocycles. The molecule has 6 nitrogen and oxygen atoms in total. The molecule has 2 aromatic rings. The Balaban J connectivity index is 1.56. The lowest BCUT2D eigenvalue weighted by Gasteiger charge is -2.34. The summed E-state index contributed by atoms with van der Waals surface area (Å²) in [7, 11) is 4.72. The van der Waals surface area contributed by atoms with E-state index in [2.05, 4.69) is 43.0 Å². The molecule has 1 amide bonds. The van der Waals surface area contributed by atoms with Gasteiger partial charge in [0.25, 0.3) is 0 Å². The number of nitrogens with zero attached hydrogens (tertiary/aromatic N) is 2. The van der Waals surface area contributed by atoms with E-state index in [9.17, 15) is 4.79 Å². The number of rotatable bonds is 8. The summed E-state index contributed by atoms with van der Waals surface area (Å²) in [5, 5.41) is 0. The predicted molar refractivity (Wildman–Crippen MR) is 128 cm³/mol. The Morgan fingerprint density at radius 1 is 0.938 bits per heavy atom. The van der Waals surface area contributed by atoms with Crippen LogP contribution in [0.25, 0.3) is 6.08 Å². The van der Waals surface area contributed by atoms with Crippen molar-refractivity contribution in [1.82, 2.24) is 9.80 Å². The van der Waals surface area contributed by atoms with Crippen LogP contribution in [0.4, 0.5) is 0 Å². The lowest BCUT2D eigenvalue weighted by Crippen LogP contribution is -2.47. The first-order valence-electron chi connectivity index (χ1n) is 11.0. The second-order valence-electron chi connectivity index (χ2n) is 8.29. The van der Waals surface area contributed by atoms with E-state index in [1.165, 1.54) is 11.1 Å². The van der Waals surface area contributed by atoms with Crippen molar-refractivity contribution in [2.75, 3.05) is 47.5 Å². The lowest BCUT2D eigenvalue weighted by atomic mass is 10.0. The van der Waals surface area contributed by atoms with E-state index in [1.54, 1.807) is 33.5 Å². The van der Waals surface area contributed by atoms with Crippen molar-refractivity contribution in [3.63, 3.8) is 0 Å². The summed E-state index contributed by atoms with van der Waals surface area (Å²) in [5.41, 5.74) is 3.50. The van der Waals surface area contributed by atoms with Crippen LogP contribution in [-0.4, -0.2) is 63.2 Å². The summed E-state index contributed by atoms with van der Waals surface area (Å²) in [5.74, 6) is 2.22. The molecular weight excluding hydrogens is 404 g/mol. The molecule has 0 atom stereocenters. The van der Waals surface area contributed by atoms with Gasteiger partial charge in [-0.25, -0.2) is 0 Å². The van der Waals surface area contributed by atoms with Crippen LogP contribution in [0.2, 0.25) is 0 Å². The monoisotopic (exact) mass is 438 g/mol. The van der Waals surface area contributed by atoms with E-state index in [0.29, 0.717) is 23.2 Å². The van der Waals surface area contributed by atoms with E-state index in [1.807, 2.05) is 17.0 Å². The van der Waals surface area contributed by atoms with Crippen molar-refractivity contribution >= 4 is 12.0 Å². The van der Waals surface area contributed by atoms with Crippen molar-refractivity contribution in [3.05, 3.63) is 59.2 Å². The Morgan fingerprint density at radius 2 is 1.53 bits per heavy atom. The maximum absolute atomic E-state index is 12.7. The van der Waals surface area contributed by atoms with Crippen molar-refractivity contribution in [3.8, 4) is 17.2 Å². The quantitative estimate of drug-likeness (QED) is 0.579. The Labute approximate surface area is 191 Å². The van der Waals surface area contributed by atoms with Gasteiger partial charge in [-0.15, -0.1) is 0 Å². The third-order valence-electron chi connectivity index (χ3n) is 5.84. The zero-order valence-corrected chi connectivity index (χ0v) is 19.8. The number of benzene rings is 2. The van der Waals surface area contributed by atoms with Crippen LogP contribution in [0.15, 0.2) is 42.5 Å². The summed E-state index contributed by atoms with van der Waals surface area (Å²) in [6, 6.07) is 12.5. The van der Waals surface area contributed by atoms with Gasteiger partial charge in [0.1, 0.15) is 0 Å². The van der Waals surface area contributed by atoms with Gasteiger partial charge in [-0.3, -0.25) is 9.69 Å². The SMILES string of the molecule is COc1cc(/C=C/C(=O)N2CCN(Cc3ccc(C(C)C)cc3)CC2)cc(OC)c1OC. The number of amides is 1. The Hall–Kier alpha value is -2.99. The van der Waals surface area contributed by atoms with Gasteiger partial charge in [-0.2, -0.15) is 0 Å². The van der Waals surface area contributed by atoms with Crippen molar-refractivity contribution in [2.24, 2.45) is 0 Å². The van der Waals surface area contributed by atoms with Crippen molar-refractivity contribution in [2.45, 2.75) is 26.3 Å². The molecule has 172 valence electrons. The molecule has 0 bridgehead atoms. The van der Waals surface area contributed by atoms with Crippen LogP contribution in [0.1, 0.15) is 36.5 Å². The van der Waals surface area contributed by atoms with Gasteiger partial charge in [-0.1, -0.05) is 38.1 Å². The molecule has 0 aromatic heterocycles. The molecule has 32 heavy (non-hydrogen) atoms. The summed E-state index contributed by atoms with van der Waals surface area (Å²) in [6.07, 6.45) is 3.40. The topological polar surface area (TPSA) is 51.2 Å². The van der Waals surface area contributed by atoms with Crippen LogP contribution in [0.3, 0.4) is 0 Å². The minimum atomic E-state index is 0.0136. The summed E-state index contributed by atoms with van der Waals surface area (Å²) in [4.78, 5) is 17.0. The second kappa shape index (κ2) is 11.0. The molecule has 1 aliphatic rings. The number of carbonyl (C=O) groups is 1. The maximum Gasteiger partial charge on any atom is 0.246 e. The number of carbonyl (C=O) groups excluding carboxylic acids is 1. The molecule has 3 rings (SSSR count). The van der Waals surface area contributed by atoms with E-state index in [4.69, 9.17) is 14.2 Å². The summed E-state index contributed by atoms with van der Waals surface area (Å²) in [6.45, 7) is 8.53. The van der Waals surface area contributed by atoms with Crippen molar-refractivity contribution < 1.29 is 19.0 Å². The van der Waals surface area contributed by atoms with Crippen LogP contribution in [0, 0.1) is 0 Å². The molecule has 1 fully saturated rings. The largest absolute Gasteiger partial charge is 0.493 e. The molecule has 0 spiro atoms. The van der Waals surface area contributed by atoms with Crippen molar-refractivity contribution in [1.29, 1.82) is 0 Å². The van der Waals surface area contributed by atoms with Crippen LogP contribution in [-0.2, 0) is 11.3 Å². The van der Waals surface area contributed by atoms with E-state index >= 15 is 0 Å². The van der Waals surface area contributed by atoms with Gasteiger partial charge >= 0.3 is 0 Å². The zero-order valence-electron chi connectivity index (χ0n) is 19.8. The van der Waals surface area contributed by atoms with E-state index in [0.717, 1.165) is 38.3 Å². The fraction of sp³-hybridized carbons (Fsp3) is 0.423. The van der Waals surface area contributed by atoms with Gasteiger partial charge in [0.2, 0.25) is 11.7 Å². The van der Waals surface area contributed by atoms with Crippen LogP contribution < -0.4 is 14.2 Å². The smallest absolute Gasteiger partial charge is 0.246 e. The molecule has 0 radical (unpaired) electrons. The molecule has 0 N–H and O–H groups in total. The average molecular weight is 439 g/mol. The highest BCUT2D eigenvalue weighted by Gasteiger charge is 2.20. The molecule has 1 saturated heterocycles. The number of hydrogen-bond donors (Lipinski definition) is 0. The normalized spacial score (nSPS) is 14.8. The second-order valence-corrected chi connectivity index (χ2v) is 8.29. The third-order valence-corrected chi connectivity index (χ3v) is 5.84. The Morgan fingerprint density at radius 3 is 2.03 bits per heavy atom. The highest BCUT2D eigenvalue weighted by atomic mass is 16.5. The minimum Gasteiger partial charge on any atom is -0.493 e. The molecule has 0 aliphatic carbocycles. The minimum absolute atomic E-state index is 0.0136. The fourth-order valence-electron chi connectivity index (χ4n) is 3.86. The highest BCUT2D eigenvalue weighted by Crippen LogP contribution is 2.38.